The van der Waals surface area contributed by atoms with E-state index < -0.39 is 33.0 Å². The van der Waals surface area contributed by atoms with E-state index in [1.54, 1.807) is 12.1 Å². The Morgan fingerprint density at radius 1 is 1.13 bits per heavy atom. The maximum absolute atomic E-state index is 11.4. The Morgan fingerprint density at radius 3 is 2.10 bits per heavy atom. The van der Waals surface area contributed by atoms with Crippen LogP contribution in [-0.2, 0) is 31.1 Å². The summed E-state index contributed by atoms with van der Waals surface area (Å²) in [5.74, 6) is -1.45. The fourth-order valence-electron chi connectivity index (χ4n) is 1.99. The summed E-state index contributed by atoms with van der Waals surface area (Å²) in [6, 6.07) is 10.4. The molecule has 0 fully saturated rings. The van der Waals surface area contributed by atoms with E-state index in [0.717, 1.165) is 5.56 Å². The lowest BCUT2D eigenvalue weighted by Gasteiger charge is -2.09. The normalized spacial score (nSPS) is 11.6. The summed E-state index contributed by atoms with van der Waals surface area (Å²) in [5.41, 5.74) is 11.7. The van der Waals surface area contributed by atoms with E-state index in [9.17, 15) is 28.1 Å². The van der Waals surface area contributed by atoms with E-state index in [-0.39, 0.29) is 23.6 Å². The molecule has 0 spiro atoms. The van der Waals surface area contributed by atoms with Crippen LogP contribution in [0.15, 0.2) is 53.4 Å². The van der Waals surface area contributed by atoms with Gasteiger partial charge in [0.1, 0.15) is 12.6 Å². The highest BCUT2D eigenvalue weighted by atomic mass is 32.2. The Kier molecular flexibility index (Phi) is 9.05. The van der Waals surface area contributed by atoms with Crippen LogP contribution >= 0.6 is 0 Å². The number of primary amides is 1. The van der Waals surface area contributed by atoms with E-state index >= 15 is 0 Å². The highest BCUT2D eigenvalue weighted by Crippen LogP contribution is 2.12. The molecule has 5 N–H and O–H groups in total. The van der Waals surface area contributed by atoms with Crippen LogP contribution in [0.5, 0.6) is 0 Å². The van der Waals surface area contributed by atoms with Crippen molar-refractivity contribution in [3.63, 3.8) is 0 Å². The number of non-ortho nitro benzene ring substituents is 1. The molecule has 11 nitrogen and oxygen atoms in total. The fourth-order valence-corrected chi connectivity index (χ4v) is 2.47. The number of nitrogens with two attached hydrogens (primary N) is 2. The third kappa shape index (κ3) is 8.77. The molecule has 2 rings (SSSR count). The third-order valence-corrected chi connectivity index (χ3v) is 4.44. The first-order chi connectivity index (χ1) is 13.9. The van der Waals surface area contributed by atoms with Crippen molar-refractivity contribution < 1.29 is 32.2 Å². The summed E-state index contributed by atoms with van der Waals surface area (Å²) in [4.78, 5) is 31.8. The van der Waals surface area contributed by atoms with Gasteiger partial charge in [0.05, 0.1) is 16.2 Å². The van der Waals surface area contributed by atoms with Gasteiger partial charge in [-0.05, 0) is 36.8 Å². The van der Waals surface area contributed by atoms with Gasteiger partial charge < -0.3 is 16.2 Å². The molecule has 0 saturated carbocycles. The predicted molar refractivity (Wildman–Crippen MR) is 106 cm³/mol. The van der Waals surface area contributed by atoms with E-state index in [2.05, 4.69) is 0 Å². The molecule has 0 radical (unpaired) electrons. The van der Waals surface area contributed by atoms with Crippen molar-refractivity contribution in [3.05, 3.63) is 69.8 Å². The number of rotatable bonds is 7. The van der Waals surface area contributed by atoms with Gasteiger partial charge in [-0.1, -0.05) is 17.7 Å². The van der Waals surface area contributed by atoms with Gasteiger partial charge in [-0.15, -0.1) is 0 Å². The van der Waals surface area contributed by atoms with Gasteiger partial charge in [-0.3, -0.25) is 24.3 Å². The minimum Gasteiger partial charge on any atom is -0.460 e. The Morgan fingerprint density at radius 2 is 1.67 bits per heavy atom. The minimum atomic E-state index is -4.02. The average Bonchev–Trinajstić information content (AvgIpc) is 2.66. The van der Waals surface area contributed by atoms with Crippen LogP contribution in [0.3, 0.4) is 0 Å². The quantitative estimate of drug-likeness (QED) is 0.245. The number of benzene rings is 2. The van der Waals surface area contributed by atoms with Crippen LogP contribution < -0.4 is 11.5 Å². The van der Waals surface area contributed by atoms with Gasteiger partial charge in [0.25, 0.3) is 15.8 Å². The van der Waals surface area contributed by atoms with Gasteiger partial charge in [0, 0.05) is 12.1 Å². The highest BCUT2D eigenvalue weighted by molar-refractivity contribution is 7.85. The van der Waals surface area contributed by atoms with Crippen molar-refractivity contribution >= 4 is 27.7 Å². The number of esters is 1. The maximum Gasteiger partial charge on any atom is 0.323 e. The summed E-state index contributed by atoms with van der Waals surface area (Å²) >= 11 is 0. The number of ether oxygens (including phenoxy) is 1. The first-order valence-corrected chi connectivity index (χ1v) is 9.82. The van der Waals surface area contributed by atoms with Crippen molar-refractivity contribution in [2.45, 2.75) is 30.9 Å². The standard InChI is InChI=1S/C11H13N3O5.C7H8O3S/c12-9(5-10(13)15)11(16)19-6-7-1-3-8(4-2-7)14(17)18;1-6-2-4-7(5-3-6)11(8,9)10/h1-4,9H,5-6,12H2,(H2,13,15);2-5H,1H3,(H,8,9,10). The van der Waals surface area contributed by atoms with Crippen molar-refractivity contribution in [3.8, 4) is 0 Å². The smallest absolute Gasteiger partial charge is 0.323 e. The number of nitro groups is 1. The molecular formula is C18H21N3O8S. The van der Waals surface area contributed by atoms with Crippen LogP contribution in [0.25, 0.3) is 0 Å². The average molecular weight is 439 g/mol. The zero-order chi connectivity index (χ0) is 22.9. The summed E-state index contributed by atoms with van der Waals surface area (Å²) in [7, 11) is -4.02. The van der Waals surface area contributed by atoms with E-state index in [1.165, 1.54) is 36.4 Å². The minimum absolute atomic E-state index is 0.0551. The molecule has 1 amide bonds. The maximum atomic E-state index is 11.4. The van der Waals surface area contributed by atoms with E-state index in [4.69, 9.17) is 20.8 Å². The number of nitro benzene ring substituents is 1. The number of carbonyl (C=O) groups is 2. The molecule has 12 heteroatoms. The second kappa shape index (κ2) is 11.0. The van der Waals surface area contributed by atoms with Crippen molar-refractivity contribution in [1.29, 1.82) is 0 Å². The first-order valence-electron chi connectivity index (χ1n) is 8.38. The van der Waals surface area contributed by atoms with E-state index in [1.807, 2.05) is 6.92 Å². The molecule has 0 aromatic heterocycles. The van der Waals surface area contributed by atoms with Gasteiger partial charge in [-0.2, -0.15) is 8.42 Å². The monoisotopic (exact) mass is 439 g/mol. The van der Waals surface area contributed by atoms with Crippen molar-refractivity contribution in [1.82, 2.24) is 0 Å². The molecule has 1 atom stereocenters. The van der Waals surface area contributed by atoms with Gasteiger partial charge in [0.15, 0.2) is 0 Å². The number of aryl methyl sites for hydroxylation is 1. The number of carbonyl (C=O) groups excluding carboxylic acids is 2. The van der Waals surface area contributed by atoms with Gasteiger partial charge in [-0.25, -0.2) is 0 Å². The summed E-state index contributed by atoms with van der Waals surface area (Å²) in [5, 5.41) is 10.4. The predicted octanol–water partition coefficient (Wildman–Crippen LogP) is 1.08. The fraction of sp³-hybridized carbons (Fsp3) is 0.222. The van der Waals surface area contributed by atoms with Gasteiger partial charge in [0.2, 0.25) is 5.91 Å². The Bertz CT molecular complexity index is 989. The van der Waals surface area contributed by atoms with Crippen LogP contribution in [-0.4, -0.2) is 35.8 Å². The number of hydrogen-bond donors (Lipinski definition) is 3. The lowest BCUT2D eigenvalue weighted by molar-refractivity contribution is -0.384. The molecule has 0 aliphatic rings. The molecule has 0 saturated heterocycles. The molecule has 30 heavy (non-hydrogen) atoms. The second-order valence-corrected chi connectivity index (χ2v) is 7.52. The molecule has 2 aromatic rings. The summed E-state index contributed by atoms with van der Waals surface area (Å²) < 4.78 is 34.4. The zero-order valence-corrected chi connectivity index (χ0v) is 16.7. The molecule has 0 heterocycles. The number of amides is 1. The second-order valence-electron chi connectivity index (χ2n) is 6.10. The topological polar surface area (TPSA) is 193 Å². The van der Waals surface area contributed by atoms with Crippen LogP contribution in [0, 0.1) is 17.0 Å². The van der Waals surface area contributed by atoms with Gasteiger partial charge >= 0.3 is 5.97 Å². The highest BCUT2D eigenvalue weighted by Gasteiger charge is 2.17. The zero-order valence-electron chi connectivity index (χ0n) is 15.9. The lowest BCUT2D eigenvalue weighted by Crippen LogP contribution is -2.36. The van der Waals surface area contributed by atoms with Crippen LogP contribution in [0.1, 0.15) is 17.5 Å². The SMILES string of the molecule is Cc1ccc(S(=O)(=O)O)cc1.NC(=O)CC(N)C(=O)OCc1ccc([N+](=O)[O-])cc1. The largest absolute Gasteiger partial charge is 0.460 e. The molecular weight excluding hydrogens is 418 g/mol. The first kappa shape index (κ1) is 24.7. The summed E-state index contributed by atoms with van der Waals surface area (Å²) in [6.07, 6.45) is -0.293. The van der Waals surface area contributed by atoms with Crippen molar-refractivity contribution in [2.75, 3.05) is 0 Å². The Balaban J connectivity index is 0.000000346. The summed E-state index contributed by atoms with van der Waals surface area (Å²) in [6.45, 7) is 1.76. The molecule has 0 bridgehead atoms. The molecule has 0 aliphatic heterocycles. The molecule has 1 unspecified atom stereocenters. The van der Waals surface area contributed by atoms with Crippen LogP contribution in [0.4, 0.5) is 5.69 Å². The Hall–Kier alpha value is -3.35. The van der Waals surface area contributed by atoms with Crippen LogP contribution in [0.2, 0.25) is 0 Å². The van der Waals surface area contributed by atoms with E-state index in [0.29, 0.717) is 5.56 Å². The molecule has 162 valence electrons. The number of nitrogens with zero attached hydrogens (tertiary/aromatic N) is 1. The number of hydrogen-bond acceptors (Lipinski definition) is 8. The molecule has 0 aliphatic carbocycles. The third-order valence-electron chi connectivity index (χ3n) is 3.57. The Labute approximate surface area is 172 Å². The molecule has 2 aromatic carbocycles. The lowest BCUT2D eigenvalue weighted by atomic mass is 10.2. The van der Waals surface area contributed by atoms with Crippen molar-refractivity contribution in [2.24, 2.45) is 11.5 Å².